The van der Waals surface area contributed by atoms with Crippen molar-refractivity contribution in [3.63, 3.8) is 0 Å². The van der Waals surface area contributed by atoms with Crippen molar-refractivity contribution in [3.8, 4) is 0 Å². The summed E-state index contributed by atoms with van der Waals surface area (Å²) in [5, 5.41) is 5.16. The van der Waals surface area contributed by atoms with Gasteiger partial charge in [-0.1, -0.05) is 17.7 Å². The Hall–Kier alpha value is -2.37. The van der Waals surface area contributed by atoms with Crippen molar-refractivity contribution in [1.29, 1.82) is 0 Å². The van der Waals surface area contributed by atoms with Crippen LogP contribution in [0.25, 0.3) is 0 Å². The lowest BCUT2D eigenvalue weighted by molar-refractivity contribution is -0.140. The maximum atomic E-state index is 11.8. The normalized spacial score (nSPS) is 9.81. The van der Waals surface area contributed by atoms with Crippen LogP contribution in [0.15, 0.2) is 24.3 Å². The van der Waals surface area contributed by atoms with Gasteiger partial charge in [-0.05, 0) is 25.5 Å². The maximum absolute atomic E-state index is 11.8. The van der Waals surface area contributed by atoms with Gasteiger partial charge in [-0.15, -0.1) is 0 Å². The van der Waals surface area contributed by atoms with Crippen molar-refractivity contribution in [1.82, 2.24) is 10.6 Å². The van der Waals surface area contributed by atoms with Gasteiger partial charge in [0.2, 0.25) is 5.91 Å². The molecule has 0 unspecified atom stereocenters. The van der Waals surface area contributed by atoms with Crippen molar-refractivity contribution in [2.24, 2.45) is 0 Å². The van der Waals surface area contributed by atoms with Crippen molar-refractivity contribution in [3.05, 3.63) is 35.4 Å². The van der Waals surface area contributed by atoms with Crippen molar-refractivity contribution in [2.45, 2.75) is 19.8 Å². The Bertz CT molecular complexity index is 514. The molecule has 0 aliphatic carbocycles. The number of amides is 2. The number of methoxy groups -OCH3 is 1. The van der Waals surface area contributed by atoms with Gasteiger partial charge in [0.25, 0.3) is 5.91 Å². The molecule has 1 rings (SSSR count). The Morgan fingerprint density at radius 1 is 1.19 bits per heavy atom. The summed E-state index contributed by atoms with van der Waals surface area (Å²) in [6.45, 7) is 2.17. The van der Waals surface area contributed by atoms with Crippen LogP contribution >= 0.6 is 0 Å². The number of nitrogens with one attached hydrogen (secondary N) is 2. The molecule has 2 N–H and O–H groups in total. The highest BCUT2D eigenvalue weighted by Gasteiger charge is 2.08. The van der Waals surface area contributed by atoms with E-state index >= 15 is 0 Å². The fourth-order valence-corrected chi connectivity index (χ4v) is 1.67. The highest BCUT2D eigenvalue weighted by atomic mass is 16.5. The zero-order valence-electron chi connectivity index (χ0n) is 12.3. The zero-order chi connectivity index (χ0) is 15.7. The van der Waals surface area contributed by atoms with Gasteiger partial charge in [0.1, 0.15) is 0 Å². The van der Waals surface area contributed by atoms with Crippen molar-refractivity contribution >= 4 is 17.8 Å². The van der Waals surface area contributed by atoms with Crippen LogP contribution in [0.2, 0.25) is 0 Å². The molecule has 0 radical (unpaired) electrons. The van der Waals surface area contributed by atoms with E-state index in [9.17, 15) is 14.4 Å². The van der Waals surface area contributed by atoms with Gasteiger partial charge < -0.3 is 15.4 Å². The number of carbonyl (C=O) groups is 3. The molecule has 0 spiro atoms. The van der Waals surface area contributed by atoms with Crippen LogP contribution in [-0.4, -0.2) is 38.0 Å². The third-order valence-corrected chi connectivity index (χ3v) is 2.80. The standard InChI is InChI=1S/C15H20N2O4/c1-11-5-3-6-12(9-11)15(20)17-10-13(18)16-8-4-7-14(19)21-2/h3,5-6,9H,4,7-8,10H2,1-2H3,(H,16,18)(H,17,20). The largest absolute Gasteiger partial charge is 0.469 e. The van der Waals surface area contributed by atoms with Crippen molar-refractivity contribution < 1.29 is 19.1 Å². The van der Waals surface area contributed by atoms with Gasteiger partial charge in [-0.3, -0.25) is 14.4 Å². The number of hydrogen-bond acceptors (Lipinski definition) is 4. The van der Waals surface area contributed by atoms with Gasteiger partial charge in [0, 0.05) is 18.5 Å². The molecule has 0 bridgehead atoms. The topological polar surface area (TPSA) is 84.5 Å². The minimum absolute atomic E-state index is 0.0923. The number of esters is 1. The molecule has 0 aliphatic heterocycles. The molecule has 0 fully saturated rings. The summed E-state index contributed by atoms with van der Waals surface area (Å²) in [4.78, 5) is 34.2. The minimum atomic E-state index is -0.308. The summed E-state index contributed by atoms with van der Waals surface area (Å²) in [7, 11) is 1.32. The first-order valence-electron chi connectivity index (χ1n) is 6.71. The summed E-state index contributed by atoms with van der Waals surface area (Å²) in [6.07, 6.45) is 0.761. The Balaban J connectivity index is 2.24. The molecule has 1 aromatic rings. The van der Waals surface area contributed by atoms with Gasteiger partial charge in [-0.25, -0.2) is 0 Å². The van der Waals surface area contributed by atoms with Crippen LogP contribution in [0.1, 0.15) is 28.8 Å². The monoisotopic (exact) mass is 292 g/mol. The first-order chi connectivity index (χ1) is 10.0. The fourth-order valence-electron chi connectivity index (χ4n) is 1.67. The Morgan fingerprint density at radius 2 is 1.95 bits per heavy atom. The number of carbonyl (C=O) groups excluding carboxylic acids is 3. The van der Waals surface area contributed by atoms with E-state index in [4.69, 9.17) is 0 Å². The van der Waals surface area contributed by atoms with Gasteiger partial charge in [0.05, 0.1) is 13.7 Å². The van der Waals surface area contributed by atoms with Crippen molar-refractivity contribution in [2.75, 3.05) is 20.2 Å². The Morgan fingerprint density at radius 3 is 2.62 bits per heavy atom. The predicted octanol–water partition coefficient (Wildman–Crippen LogP) is 0.794. The predicted molar refractivity (Wildman–Crippen MR) is 77.8 cm³/mol. The van der Waals surface area contributed by atoms with Crippen LogP contribution < -0.4 is 10.6 Å². The summed E-state index contributed by atoms with van der Waals surface area (Å²) in [5.74, 6) is -0.888. The minimum Gasteiger partial charge on any atom is -0.469 e. The maximum Gasteiger partial charge on any atom is 0.305 e. The molecule has 0 saturated carbocycles. The lowest BCUT2D eigenvalue weighted by Gasteiger charge is -2.07. The van der Waals surface area contributed by atoms with Crippen LogP contribution in [0.5, 0.6) is 0 Å². The molecule has 0 atom stereocenters. The number of ether oxygens (including phenoxy) is 1. The molecule has 0 aromatic heterocycles. The molecule has 114 valence electrons. The molecule has 6 nitrogen and oxygen atoms in total. The average molecular weight is 292 g/mol. The van der Waals surface area contributed by atoms with Crippen LogP contribution in [-0.2, 0) is 14.3 Å². The molecule has 1 aromatic carbocycles. The van der Waals surface area contributed by atoms with E-state index in [1.165, 1.54) is 7.11 Å². The Labute approximate surface area is 123 Å². The second-order valence-corrected chi connectivity index (χ2v) is 4.58. The zero-order valence-corrected chi connectivity index (χ0v) is 12.3. The third-order valence-electron chi connectivity index (χ3n) is 2.80. The molecule has 0 saturated heterocycles. The molecule has 6 heteroatoms. The molecule has 21 heavy (non-hydrogen) atoms. The van der Waals surface area contributed by atoms with E-state index in [1.807, 2.05) is 13.0 Å². The van der Waals surface area contributed by atoms with E-state index in [-0.39, 0.29) is 30.7 Å². The van der Waals surface area contributed by atoms with Crippen LogP contribution in [0.4, 0.5) is 0 Å². The number of hydrogen-bond donors (Lipinski definition) is 2. The second kappa shape index (κ2) is 8.73. The highest BCUT2D eigenvalue weighted by Crippen LogP contribution is 2.03. The molecular formula is C15H20N2O4. The number of rotatable bonds is 7. The number of aryl methyl sites for hydroxylation is 1. The Kier molecular flexibility index (Phi) is 6.94. The van der Waals surface area contributed by atoms with E-state index < -0.39 is 0 Å². The molecular weight excluding hydrogens is 272 g/mol. The average Bonchev–Trinajstić information content (AvgIpc) is 2.48. The fraction of sp³-hybridized carbons (Fsp3) is 0.400. The highest BCUT2D eigenvalue weighted by molar-refractivity contribution is 5.96. The molecule has 0 aliphatic rings. The summed E-state index contributed by atoms with van der Waals surface area (Å²) in [6, 6.07) is 7.13. The first-order valence-corrected chi connectivity index (χ1v) is 6.71. The lowest BCUT2D eigenvalue weighted by atomic mass is 10.1. The van der Waals surface area contributed by atoms with E-state index in [1.54, 1.807) is 18.2 Å². The smallest absolute Gasteiger partial charge is 0.305 e. The van der Waals surface area contributed by atoms with E-state index in [0.717, 1.165) is 5.56 Å². The van der Waals surface area contributed by atoms with Crippen LogP contribution in [0, 0.1) is 6.92 Å². The quantitative estimate of drug-likeness (QED) is 0.575. The summed E-state index contributed by atoms with van der Waals surface area (Å²) < 4.78 is 4.49. The molecule has 0 heterocycles. The number of benzene rings is 1. The summed E-state index contributed by atoms with van der Waals surface area (Å²) >= 11 is 0. The third kappa shape index (κ3) is 6.56. The SMILES string of the molecule is COC(=O)CCCNC(=O)CNC(=O)c1cccc(C)c1. The van der Waals surface area contributed by atoms with Gasteiger partial charge in [0.15, 0.2) is 0 Å². The lowest BCUT2D eigenvalue weighted by Crippen LogP contribution is -2.37. The van der Waals surface area contributed by atoms with E-state index in [2.05, 4.69) is 15.4 Å². The van der Waals surface area contributed by atoms with Crippen LogP contribution in [0.3, 0.4) is 0 Å². The first kappa shape index (κ1) is 16.7. The summed E-state index contributed by atoms with van der Waals surface area (Å²) in [5.41, 5.74) is 1.50. The second-order valence-electron chi connectivity index (χ2n) is 4.58. The van der Waals surface area contributed by atoms with Gasteiger partial charge >= 0.3 is 5.97 Å². The van der Waals surface area contributed by atoms with E-state index in [0.29, 0.717) is 18.5 Å². The molecule has 2 amide bonds. The van der Waals surface area contributed by atoms with Gasteiger partial charge in [-0.2, -0.15) is 0 Å².